The maximum absolute atomic E-state index is 11.5. The topological polar surface area (TPSA) is 76.9 Å². The van der Waals surface area contributed by atoms with Crippen LogP contribution in [0.2, 0.25) is 0 Å². The van der Waals surface area contributed by atoms with Crippen molar-refractivity contribution in [2.75, 3.05) is 11.0 Å². The van der Waals surface area contributed by atoms with Gasteiger partial charge in [-0.3, -0.25) is 4.72 Å². The summed E-state index contributed by atoms with van der Waals surface area (Å²) < 4.78 is 26.9. The molecule has 0 fully saturated rings. The highest BCUT2D eigenvalue weighted by Crippen LogP contribution is 2.26. The van der Waals surface area contributed by atoms with Crippen LogP contribution in [0, 0.1) is 0 Å². The Morgan fingerprint density at radius 1 is 1.25 bits per heavy atom. The number of sulfonamides is 1. The average Bonchev–Trinajstić information content (AvgIpc) is 2.71. The summed E-state index contributed by atoms with van der Waals surface area (Å²) in [4.78, 5) is 4.20. The maximum Gasteiger partial charge on any atom is 0.230 e. The van der Waals surface area contributed by atoms with Crippen molar-refractivity contribution in [1.29, 1.82) is 0 Å². The molecule has 0 saturated carbocycles. The first-order chi connectivity index (χ1) is 9.17. The molecule has 108 valence electrons. The summed E-state index contributed by atoms with van der Waals surface area (Å²) in [7, 11) is -3.38. The molecule has 0 aromatic carbocycles. The van der Waals surface area contributed by atoms with Crippen LogP contribution in [-0.2, 0) is 15.4 Å². The summed E-state index contributed by atoms with van der Waals surface area (Å²) in [6.07, 6.45) is 2.75. The normalized spacial score (nSPS) is 12.4. The molecule has 0 atom stereocenters. The van der Waals surface area contributed by atoms with Crippen LogP contribution in [0.4, 0.5) is 5.82 Å². The lowest BCUT2D eigenvalue weighted by Crippen LogP contribution is -2.14. The summed E-state index contributed by atoms with van der Waals surface area (Å²) in [5, 5.41) is 4.46. The van der Waals surface area contributed by atoms with Gasteiger partial charge in [0.25, 0.3) is 0 Å². The largest absolute Gasteiger partial charge is 0.267 e. The molecule has 0 bridgehead atoms. The van der Waals surface area contributed by atoms with Crippen molar-refractivity contribution in [3.8, 4) is 5.82 Å². The van der Waals surface area contributed by atoms with Crippen LogP contribution < -0.4 is 4.72 Å². The van der Waals surface area contributed by atoms with Gasteiger partial charge in [0.15, 0.2) is 5.82 Å². The monoisotopic (exact) mass is 294 g/mol. The molecule has 6 nitrogen and oxygen atoms in total. The fraction of sp³-hybridized carbons (Fsp3) is 0.385. The Labute approximate surface area is 118 Å². The molecule has 2 aromatic heterocycles. The molecule has 0 aliphatic heterocycles. The van der Waals surface area contributed by atoms with E-state index in [1.165, 1.54) is 4.68 Å². The number of nitrogens with zero attached hydrogens (tertiary/aromatic N) is 3. The minimum Gasteiger partial charge on any atom is -0.267 e. The highest BCUT2D eigenvalue weighted by atomic mass is 32.2. The highest BCUT2D eigenvalue weighted by Gasteiger charge is 2.22. The Morgan fingerprint density at radius 2 is 1.95 bits per heavy atom. The minimum absolute atomic E-state index is 0.187. The van der Waals surface area contributed by atoms with Crippen molar-refractivity contribution in [2.24, 2.45) is 0 Å². The highest BCUT2D eigenvalue weighted by molar-refractivity contribution is 7.92. The van der Waals surface area contributed by atoms with E-state index in [2.05, 4.69) is 14.8 Å². The third kappa shape index (κ3) is 3.36. The van der Waals surface area contributed by atoms with Gasteiger partial charge < -0.3 is 0 Å². The Balaban J connectivity index is 2.57. The number of pyridine rings is 1. The lowest BCUT2D eigenvalue weighted by Gasteiger charge is -2.13. The lowest BCUT2D eigenvalue weighted by molar-refractivity contribution is 0.559. The SMILES string of the molecule is CC(C)(C)c1cc(NS(C)(=O)=O)n(-c2ccccn2)n1. The maximum atomic E-state index is 11.5. The number of hydrogen-bond donors (Lipinski definition) is 1. The van der Waals surface area contributed by atoms with E-state index in [4.69, 9.17) is 0 Å². The molecule has 20 heavy (non-hydrogen) atoms. The molecule has 2 rings (SSSR count). The molecule has 0 amide bonds. The molecule has 0 saturated heterocycles. The number of rotatable bonds is 3. The fourth-order valence-electron chi connectivity index (χ4n) is 1.66. The van der Waals surface area contributed by atoms with E-state index < -0.39 is 10.0 Å². The van der Waals surface area contributed by atoms with E-state index in [-0.39, 0.29) is 5.41 Å². The molecular formula is C13H18N4O2S. The molecule has 0 radical (unpaired) electrons. The van der Waals surface area contributed by atoms with E-state index in [1.807, 2.05) is 26.8 Å². The molecule has 2 aromatic rings. The summed E-state index contributed by atoms with van der Waals surface area (Å²) in [6.45, 7) is 6.05. The fourth-order valence-corrected chi connectivity index (χ4v) is 2.19. The van der Waals surface area contributed by atoms with Gasteiger partial charge in [-0.1, -0.05) is 26.8 Å². The van der Waals surface area contributed by atoms with Crippen LogP contribution >= 0.6 is 0 Å². The van der Waals surface area contributed by atoms with Gasteiger partial charge in [0, 0.05) is 17.7 Å². The van der Waals surface area contributed by atoms with E-state index in [9.17, 15) is 8.42 Å². The molecule has 2 heterocycles. The van der Waals surface area contributed by atoms with Gasteiger partial charge in [0.1, 0.15) is 5.82 Å². The Morgan fingerprint density at radius 3 is 2.45 bits per heavy atom. The van der Waals surface area contributed by atoms with Crippen LogP contribution in [-0.4, -0.2) is 29.4 Å². The second kappa shape index (κ2) is 4.90. The molecule has 0 unspecified atom stereocenters. The molecule has 7 heteroatoms. The van der Waals surface area contributed by atoms with Crippen molar-refractivity contribution in [3.05, 3.63) is 36.2 Å². The van der Waals surface area contributed by atoms with Gasteiger partial charge in [0.05, 0.1) is 11.9 Å². The smallest absolute Gasteiger partial charge is 0.230 e. The van der Waals surface area contributed by atoms with E-state index in [1.54, 1.807) is 24.4 Å². The van der Waals surface area contributed by atoms with Crippen molar-refractivity contribution < 1.29 is 8.42 Å². The van der Waals surface area contributed by atoms with Crippen molar-refractivity contribution in [1.82, 2.24) is 14.8 Å². The average molecular weight is 294 g/mol. The zero-order chi connectivity index (χ0) is 15.0. The molecule has 0 aliphatic rings. The molecule has 0 spiro atoms. The van der Waals surface area contributed by atoms with Crippen molar-refractivity contribution in [3.63, 3.8) is 0 Å². The number of nitrogens with one attached hydrogen (secondary N) is 1. The first-order valence-corrected chi connectivity index (χ1v) is 8.06. The van der Waals surface area contributed by atoms with Gasteiger partial charge in [-0.05, 0) is 12.1 Å². The standard InChI is InChI=1S/C13H18N4O2S/c1-13(2,3)10-9-12(16-20(4,18)19)17(15-10)11-7-5-6-8-14-11/h5-9,16H,1-4H3. The molecule has 0 aliphatic carbocycles. The number of aromatic nitrogens is 3. The van der Waals surface area contributed by atoms with Crippen molar-refractivity contribution in [2.45, 2.75) is 26.2 Å². The van der Waals surface area contributed by atoms with Gasteiger partial charge in [-0.15, -0.1) is 0 Å². The first kappa shape index (κ1) is 14.5. The van der Waals surface area contributed by atoms with E-state index in [0.717, 1.165) is 11.9 Å². The van der Waals surface area contributed by atoms with Crippen LogP contribution in [0.25, 0.3) is 5.82 Å². The summed E-state index contributed by atoms with van der Waals surface area (Å²) in [5.41, 5.74) is 0.600. The predicted octanol–water partition coefficient (Wildman–Crippen LogP) is 1.94. The number of hydrogen-bond acceptors (Lipinski definition) is 4. The second-order valence-corrected chi connectivity index (χ2v) is 7.39. The van der Waals surface area contributed by atoms with Crippen LogP contribution in [0.1, 0.15) is 26.5 Å². The molecule has 1 N–H and O–H groups in total. The summed E-state index contributed by atoms with van der Waals surface area (Å²) in [5.74, 6) is 0.949. The van der Waals surface area contributed by atoms with Gasteiger partial charge in [0.2, 0.25) is 10.0 Å². The van der Waals surface area contributed by atoms with Gasteiger partial charge >= 0.3 is 0 Å². The van der Waals surface area contributed by atoms with E-state index in [0.29, 0.717) is 11.6 Å². The van der Waals surface area contributed by atoms with E-state index >= 15 is 0 Å². The van der Waals surface area contributed by atoms with Crippen LogP contribution in [0.3, 0.4) is 0 Å². The molecular weight excluding hydrogens is 276 g/mol. The van der Waals surface area contributed by atoms with Crippen molar-refractivity contribution >= 4 is 15.8 Å². The first-order valence-electron chi connectivity index (χ1n) is 6.16. The lowest BCUT2D eigenvalue weighted by atomic mass is 9.92. The minimum atomic E-state index is -3.38. The zero-order valence-corrected chi connectivity index (χ0v) is 12.8. The third-order valence-electron chi connectivity index (χ3n) is 2.63. The van der Waals surface area contributed by atoms with Gasteiger partial charge in [-0.2, -0.15) is 9.78 Å². The van der Waals surface area contributed by atoms with Gasteiger partial charge in [-0.25, -0.2) is 13.4 Å². The van der Waals surface area contributed by atoms with Crippen LogP contribution in [0.15, 0.2) is 30.5 Å². The number of anilines is 1. The zero-order valence-electron chi connectivity index (χ0n) is 12.0. The quantitative estimate of drug-likeness (QED) is 0.938. The Kier molecular flexibility index (Phi) is 3.56. The summed E-state index contributed by atoms with van der Waals surface area (Å²) >= 11 is 0. The summed E-state index contributed by atoms with van der Waals surface area (Å²) in [6, 6.07) is 7.12. The third-order valence-corrected chi connectivity index (χ3v) is 3.21. The Bertz CT molecular complexity index is 700. The van der Waals surface area contributed by atoms with Crippen LogP contribution in [0.5, 0.6) is 0 Å². The second-order valence-electron chi connectivity index (χ2n) is 5.64. The Hall–Kier alpha value is -1.89. The predicted molar refractivity (Wildman–Crippen MR) is 78.5 cm³/mol.